The average molecular weight is 265 g/mol. The lowest BCUT2D eigenvalue weighted by Crippen LogP contribution is -2.21. The fourth-order valence-corrected chi connectivity index (χ4v) is 2.08. The van der Waals surface area contributed by atoms with E-state index in [1.165, 1.54) is 0 Å². The third-order valence-electron chi connectivity index (χ3n) is 2.02. The Bertz CT molecular complexity index is 547. The van der Waals surface area contributed by atoms with Crippen LogP contribution in [0.3, 0.4) is 0 Å². The van der Waals surface area contributed by atoms with Gasteiger partial charge in [-0.3, -0.25) is 4.79 Å². The molecule has 1 unspecified atom stereocenters. The van der Waals surface area contributed by atoms with Crippen LogP contribution in [-0.4, -0.2) is 25.7 Å². The standard InChI is InChI=1S/C9H9F2NO4S/c1-17(15,16)8-5(10)2-4(3-6(8)11)7(12)9(13)14/h2-3,7H,12H2,1H3,(H,13,14). The van der Waals surface area contributed by atoms with Crippen molar-refractivity contribution in [3.63, 3.8) is 0 Å². The Morgan fingerprint density at radius 3 is 2.06 bits per heavy atom. The first-order valence-corrected chi connectivity index (χ1v) is 6.21. The summed E-state index contributed by atoms with van der Waals surface area (Å²) < 4.78 is 48.9. The summed E-state index contributed by atoms with van der Waals surface area (Å²) in [5, 5.41) is 8.56. The highest BCUT2D eigenvalue weighted by molar-refractivity contribution is 7.90. The maximum atomic E-state index is 13.4. The van der Waals surface area contributed by atoms with Crippen molar-refractivity contribution in [1.82, 2.24) is 0 Å². The summed E-state index contributed by atoms with van der Waals surface area (Å²) in [6.07, 6.45) is 0.644. The molecule has 0 spiro atoms. The number of hydrogen-bond donors (Lipinski definition) is 2. The molecule has 17 heavy (non-hydrogen) atoms. The number of aliphatic carboxylic acids is 1. The van der Waals surface area contributed by atoms with Crippen molar-refractivity contribution >= 4 is 15.8 Å². The first-order chi connectivity index (χ1) is 7.64. The summed E-state index contributed by atoms with van der Waals surface area (Å²) >= 11 is 0. The van der Waals surface area contributed by atoms with Gasteiger partial charge in [0, 0.05) is 6.26 Å². The van der Waals surface area contributed by atoms with Crippen molar-refractivity contribution in [2.45, 2.75) is 10.9 Å². The molecule has 0 aliphatic heterocycles. The van der Waals surface area contributed by atoms with Gasteiger partial charge in [-0.1, -0.05) is 0 Å². The molecule has 0 saturated heterocycles. The number of carboxylic acid groups (broad SMARTS) is 1. The molecular weight excluding hydrogens is 256 g/mol. The van der Waals surface area contributed by atoms with E-state index in [0.29, 0.717) is 18.4 Å². The second kappa shape index (κ2) is 4.38. The summed E-state index contributed by atoms with van der Waals surface area (Å²) in [6.45, 7) is 0. The van der Waals surface area contributed by atoms with Crippen LogP contribution in [0.4, 0.5) is 8.78 Å². The van der Waals surface area contributed by atoms with Gasteiger partial charge in [0.15, 0.2) is 9.84 Å². The van der Waals surface area contributed by atoms with E-state index in [1.54, 1.807) is 0 Å². The van der Waals surface area contributed by atoms with Gasteiger partial charge < -0.3 is 10.8 Å². The van der Waals surface area contributed by atoms with Crippen LogP contribution in [-0.2, 0) is 14.6 Å². The molecule has 0 aromatic heterocycles. The van der Waals surface area contributed by atoms with Crippen LogP contribution < -0.4 is 5.73 Å². The second-order valence-corrected chi connectivity index (χ2v) is 5.35. The zero-order valence-corrected chi connectivity index (χ0v) is 9.46. The van der Waals surface area contributed by atoms with Crippen LogP contribution in [0.25, 0.3) is 0 Å². The maximum absolute atomic E-state index is 13.4. The van der Waals surface area contributed by atoms with Gasteiger partial charge in [0.25, 0.3) is 0 Å². The summed E-state index contributed by atoms with van der Waals surface area (Å²) in [5.41, 5.74) is 4.81. The minimum absolute atomic E-state index is 0.347. The molecule has 5 nitrogen and oxygen atoms in total. The van der Waals surface area contributed by atoms with Gasteiger partial charge in [-0.2, -0.15) is 0 Å². The number of hydrogen-bond acceptors (Lipinski definition) is 4. The van der Waals surface area contributed by atoms with Crippen molar-refractivity contribution in [1.29, 1.82) is 0 Å². The number of nitrogens with two attached hydrogens (primary N) is 1. The van der Waals surface area contributed by atoms with E-state index in [2.05, 4.69) is 0 Å². The Morgan fingerprint density at radius 1 is 1.35 bits per heavy atom. The van der Waals surface area contributed by atoms with Crippen molar-refractivity contribution in [2.75, 3.05) is 6.26 Å². The van der Waals surface area contributed by atoms with Crippen molar-refractivity contribution in [3.05, 3.63) is 29.3 Å². The van der Waals surface area contributed by atoms with Crippen LogP contribution in [0, 0.1) is 11.6 Å². The molecule has 1 atom stereocenters. The van der Waals surface area contributed by atoms with Crippen molar-refractivity contribution < 1.29 is 27.1 Å². The first-order valence-electron chi connectivity index (χ1n) is 4.32. The van der Waals surface area contributed by atoms with E-state index < -0.39 is 38.4 Å². The van der Waals surface area contributed by atoms with Crippen LogP contribution in [0.1, 0.15) is 11.6 Å². The molecule has 1 rings (SSSR count). The van der Waals surface area contributed by atoms with E-state index >= 15 is 0 Å². The predicted octanol–water partition coefficient (Wildman–Crippen LogP) is 0.453. The molecule has 1 aromatic carbocycles. The molecule has 94 valence electrons. The lowest BCUT2D eigenvalue weighted by atomic mass is 10.1. The smallest absolute Gasteiger partial charge is 0.325 e. The first kappa shape index (κ1) is 13.5. The molecule has 0 bridgehead atoms. The van der Waals surface area contributed by atoms with Crippen LogP contribution >= 0.6 is 0 Å². The number of benzene rings is 1. The molecule has 0 saturated carbocycles. The fraction of sp³-hybridized carbons (Fsp3) is 0.222. The molecule has 0 heterocycles. The quantitative estimate of drug-likeness (QED) is 0.827. The zero-order valence-electron chi connectivity index (χ0n) is 8.65. The third-order valence-corrected chi connectivity index (χ3v) is 3.15. The van der Waals surface area contributed by atoms with E-state index in [0.717, 1.165) is 0 Å². The van der Waals surface area contributed by atoms with Gasteiger partial charge in [0.1, 0.15) is 22.6 Å². The number of carbonyl (C=O) groups is 1. The highest BCUT2D eigenvalue weighted by Gasteiger charge is 2.24. The summed E-state index contributed by atoms with van der Waals surface area (Å²) in [5.74, 6) is -4.20. The monoisotopic (exact) mass is 265 g/mol. The van der Waals surface area contributed by atoms with Crippen molar-refractivity contribution in [2.24, 2.45) is 5.73 Å². The number of sulfone groups is 1. The molecule has 0 radical (unpaired) electrons. The molecule has 1 aromatic rings. The van der Waals surface area contributed by atoms with E-state index in [-0.39, 0.29) is 5.56 Å². The average Bonchev–Trinajstić information content (AvgIpc) is 2.12. The van der Waals surface area contributed by atoms with Crippen LogP contribution in [0.2, 0.25) is 0 Å². The number of carboxylic acids is 1. The van der Waals surface area contributed by atoms with E-state index in [9.17, 15) is 22.0 Å². The summed E-state index contributed by atoms with van der Waals surface area (Å²) in [4.78, 5) is 9.42. The number of halogens is 2. The second-order valence-electron chi connectivity index (χ2n) is 3.40. The van der Waals surface area contributed by atoms with E-state index in [1.807, 2.05) is 0 Å². The Morgan fingerprint density at radius 2 is 1.76 bits per heavy atom. The van der Waals surface area contributed by atoms with E-state index in [4.69, 9.17) is 10.8 Å². The van der Waals surface area contributed by atoms with Gasteiger partial charge in [-0.25, -0.2) is 17.2 Å². The van der Waals surface area contributed by atoms with Gasteiger partial charge in [0.05, 0.1) is 0 Å². The highest BCUT2D eigenvalue weighted by atomic mass is 32.2. The van der Waals surface area contributed by atoms with Gasteiger partial charge in [-0.05, 0) is 17.7 Å². The lowest BCUT2D eigenvalue weighted by molar-refractivity contribution is -0.138. The molecule has 0 aliphatic rings. The van der Waals surface area contributed by atoms with Gasteiger partial charge in [-0.15, -0.1) is 0 Å². The Hall–Kier alpha value is -1.54. The normalized spacial score (nSPS) is 13.4. The minimum atomic E-state index is -4.07. The maximum Gasteiger partial charge on any atom is 0.325 e. The van der Waals surface area contributed by atoms with Gasteiger partial charge in [0.2, 0.25) is 0 Å². The lowest BCUT2D eigenvalue weighted by Gasteiger charge is -2.09. The molecule has 0 fully saturated rings. The Balaban J connectivity index is 3.43. The highest BCUT2D eigenvalue weighted by Crippen LogP contribution is 2.23. The molecule has 3 N–H and O–H groups in total. The largest absolute Gasteiger partial charge is 0.480 e. The third kappa shape index (κ3) is 2.77. The summed E-state index contributed by atoms with van der Waals surface area (Å²) in [7, 11) is -4.07. The predicted molar refractivity (Wildman–Crippen MR) is 54.0 cm³/mol. The van der Waals surface area contributed by atoms with Gasteiger partial charge >= 0.3 is 5.97 Å². The van der Waals surface area contributed by atoms with Crippen LogP contribution in [0.15, 0.2) is 17.0 Å². The Kier molecular flexibility index (Phi) is 3.48. The minimum Gasteiger partial charge on any atom is -0.480 e. The molecular formula is C9H9F2NO4S. The molecule has 8 heteroatoms. The zero-order chi connectivity index (χ0) is 13.4. The van der Waals surface area contributed by atoms with Crippen molar-refractivity contribution in [3.8, 4) is 0 Å². The topological polar surface area (TPSA) is 97.5 Å². The summed E-state index contributed by atoms with van der Waals surface area (Å²) in [6, 6.07) is -0.427. The Labute approximate surface area is 95.8 Å². The molecule has 0 amide bonds. The number of rotatable bonds is 3. The SMILES string of the molecule is CS(=O)(=O)c1c(F)cc(C(N)C(=O)O)cc1F. The fourth-order valence-electron chi connectivity index (χ4n) is 1.26. The molecule has 0 aliphatic carbocycles. The van der Waals surface area contributed by atoms with Crippen LogP contribution in [0.5, 0.6) is 0 Å².